The van der Waals surface area contributed by atoms with Crippen molar-refractivity contribution in [3.8, 4) is 0 Å². The number of methoxy groups -OCH3 is 1. The summed E-state index contributed by atoms with van der Waals surface area (Å²) in [6.45, 7) is 3.66. The second-order valence-corrected chi connectivity index (χ2v) is 4.56. The van der Waals surface area contributed by atoms with Crippen LogP contribution in [0.3, 0.4) is 0 Å². The van der Waals surface area contributed by atoms with E-state index in [-0.39, 0.29) is 0 Å². The van der Waals surface area contributed by atoms with Crippen LogP contribution in [-0.2, 0) is 22.4 Å². The molecular formula is C12H22N4O2. The first-order valence-electron chi connectivity index (χ1n) is 6.55. The molecule has 0 atom stereocenters. The van der Waals surface area contributed by atoms with Crippen molar-refractivity contribution in [2.24, 2.45) is 5.73 Å². The monoisotopic (exact) mass is 254 g/mol. The Balaban J connectivity index is 2.18. The number of rotatable bonds is 6. The minimum atomic E-state index is 0.493. The molecule has 1 aromatic heterocycles. The highest BCUT2D eigenvalue weighted by Crippen LogP contribution is 2.28. The van der Waals surface area contributed by atoms with Gasteiger partial charge in [0.25, 0.3) is 0 Å². The number of aromatic nitrogens is 3. The third-order valence-electron chi connectivity index (χ3n) is 3.34. The van der Waals surface area contributed by atoms with Gasteiger partial charge in [-0.15, -0.1) is 5.10 Å². The van der Waals surface area contributed by atoms with E-state index in [9.17, 15) is 0 Å². The molecule has 6 heteroatoms. The zero-order valence-electron chi connectivity index (χ0n) is 11.0. The normalized spacial score (nSPS) is 17.2. The molecule has 1 saturated heterocycles. The Morgan fingerprint density at radius 3 is 2.89 bits per heavy atom. The molecule has 102 valence electrons. The standard InChI is InChI=1S/C12H22N4O2/c1-17-9-6-16-12(10-3-7-18-8-4-10)11(2-5-13)14-15-16/h10H,2-9,13H2,1H3. The first-order chi connectivity index (χ1) is 8.86. The summed E-state index contributed by atoms with van der Waals surface area (Å²) < 4.78 is 12.5. The van der Waals surface area contributed by atoms with Crippen molar-refractivity contribution >= 4 is 0 Å². The van der Waals surface area contributed by atoms with E-state index in [4.69, 9.17) is 15.2 Å². The van der Waals surface area contributed by atoms with E-state index in [1.54, 1.807) is 7.11 Å². The highest BCUT2D eigenvalue weighted by atomic mass is 16.5. The largest absolute Gasteiger partial charge is 0.383 e. The third-order valence-corrected chi connectivity index (χ3v) is 3.34. The van der Waals surface area contributed by atoms with E-state index >= 15 is 0 Å². The molecule has 2 N–H and O–H groups in total. The van der Waals surface area contributed by atoms with Crippen molar-refractivity contribution in [1.82, 2.24) is 15.0 Å². The van der Waals surface area contributed by atoms with Crippen LogP contribution in [0.4, 0.5) is 0 Å². The Morgan fingerprint density at radius 2 is 2.22 bits per heavy atom. The van der Waals surface area contributed by atoms with E-state index in [0.29, 0.717) is 19.1 Å². The fourth-order valence-corrected chi connectivity index (χ4v) is 2.43. The summed E-state index contributed by atoms with van der Waals surface area (Å²) in [7, 11) is 1.70. The smallest absolute Gasteiger partial charge is 0.0874 e. The van der Waals surface area contributed by atoms with Crippen LogP contribution < -0.4 is 5.73 Å². The molecular weight excluding hydrogens is 232 g/mol. The molecule has 1 fully saturated rings. The molecule has 0 unspecified atom stereocenters. The second-order valence-electron chi connectivity index (χ2n) is 4.56. The van der Waals surface area contributed by atoms with Crippen molar-refractivity contribution in [2.45, 2.75) is 31.7 Å². The van der Waals surface area contributed by atoms with Gasteiger partial charge in [0.2, 0.25) is 0 Å². The fraction of sp³-hybridized carbons (Fsp3) is 0.833. The van der Waals surface area contributed by atoms with E-state index in [1.165, 1.54) is 5.69 Å². The van der Waals surface area contributed by atoms with Crippen LogP contribution in [0.1, 0.15) is 30.1 Å². The van der Waals surface area contributed by atoms with Crippen LogP contribution in [0.25, 0.3) is 0 Å². The third kappa shape index (κ3) is 3.07. The minimum absolute atomic E-state index is 0.493. The lowest BCUT2D eigenvalue weighted by Crippen LogP contribution is -2.20. The molecule has 6 nitrogen and oxygen atoms in total. The van der Waals surface area contributed by atoms with Gasteiger partial charge in [0.1, 0.15) is 0 Å². The van der Waals surface area contributed by atoms with E-state index in [0.717, 1.165) is 44.7 Å². The van der Waals surface area contributed by atoms with Crippen molar-refractivity contribution in [3.05, 3.63) is 11.4 Å². The molecule has 0 aliphatic carbocycles. The zero-order valence-corrected chi connectivity index (χ0v) is 11.0. The molecule has 0 radical (unpaired) electrons. The Labute approximate surface area is 107 Å². The number of hydrogen-bond acceptors (Lipinski definition) is 5. The molecule has 1 aliphatic rings. The second kappa shape index (κ2) is 6.82. The summed E-state index contributed by atoms with van der Waals surface area (Å²) in [6.07, 6.45) is 2.87. The van der Waals surface area contributed by atoms with Crippen molar-refractivity contribution in [3.63, 3.8) is 0 Å². The molecule has 0 saturated carbocycles. The maximum atomic E-state index is 5.64. The molecule has 0 aromatic carbocycles. The van der Waals surface area contributed by atoms with Crippen LogP contribution in [-0.4, -0.2) is 48.5 Å². The Hall–Kier alpha value is -0.980. The zero-order chi connectivity index (χ0) is 12.8. The average molecular weight is 254 g/mol. The maximum absolute atomic E-state index is 5.64. The number of nitrogens with two attached hydrogens (primary N) is 1. The van der Waals surface area contributed by atoms with Crippen LogP contribution in [0, 0.1) is 0 Å². The molecule has 1 aromatic rings. The molecule has 0 bridgehead atoms. The van der Waals surface area contributed by atoms with Gasteiger partial charge in [0, 0.05) is 32.7 Å². The minimum Gasteiger partial charge on any atom is -0.383 e. The predicted molar refractivity (Wildman–Crippen MR) is 67.5 cm³/mol. The summed E-state index contributed by atoms with van der Waals surface area (Å²) in [6, 6.07) is 0. The Kier molecular flexibility index (Phi) is 5.10. The SMILES string of the molecule is COCCn1nnc(CCN)c1C1CCOCC1. The molecule has 2 rings (SSSR count). The number of ether oxygens (including phenoxy) is 2. The van der Waals surface area contributed by atoms with Gasteiger partial charge in [-0.3, -0.25) is 0 Å². The number of nitrogens with zero attached hydrogens (tertiary/aromatic N) is 3. The summed E-state index contributed by atoms with van der Waals surface area (Å²) in [5.41, 5.74) is 7.92. The molecule has 18 heavy (non-hydrogen) atoms. The lowest BCUT2D eigenvalue weighted by Gasteiger charge is -2.23. The summed E-state index contributed by atoms with van der Waals surface area (Å²) >= 11 is 0. The first-order valence-corrected chi connectivity index (χ1v) is 6.55. The van der Waals surface area contributed by atoms with Crippen molar-refractivity contribution in [1.29, 1.82) is 0 Å². The first kappa shape index (κ1) is 13.5. The number of hydrogen-bond donors (Lipinski definition) is 1. The molecule has 2 heterocycles. The quantitative estimate of drug-likeness (QED) is 0.791. The summed E-state index contributed by atoms with van der Waals surface area (Å²) in [4.78, 5) is 0. The van der Waals surface area contributed by atoms with Gasteiger partial charge in [-0.2, -0.15) is 0 Å². The van der Waals surface area contributed by atoms with Gasteiger partial charge in [0.05, 0.1) is 24.5 Å². The fourth-order valence-electron chi connectivity index (χ4n) is 2.43. The highest BCUT2D eigenvalue weighted by molar-refractivity contribution is 5.17. The lowest BCUT2D eigenvalue weighted by molar-refractivity contribution is 0.0827. The van der Waals surface area contributed by atoms with Gasteiger partial charge in [-0.1, -0.05) is 5.21 Å². The molecule has 1 aliphatic heterocycles. The van der Waals surface area contributed by atoms with Crippen LogP contribution >= 0.6 is 0 Å². The average Bonchev–Trinajstić information content (AvgIpc) is 2.81. The van der Waals surface area contributed by atoms with Crippen LogP contribution in [0.2, 0.25) is 0 Å². The van der Waals surface area contributed by atoms with Gasteiger partial charge in [0.15, 0.2) is 0 Å². The Morgan fingerprint density at radius 1 is 1.44 bits per heavy atom. The lowest BCUT2D eigenvalue weighted by atomic mass is 9.94. The molecule has 0 spiro atoms. The molecule has 0 amide bonds. The van der Waals surface area contributed by atoms with E-state index in [1.807, 2.05) is 4.68 Å². The van der Waals surface area contributed by atoms with Gasteiger partial charge in [-0.25, -0.2) is 4.68 Å². The maximum Gasteiger partial charge on any atom is 0.0874 e. The van der Waals surface area contributed by atoms with Gasteiger partial charge < -0.3 is 15.2 Å². The van der Waals surface area contributed by atoms with Gasteiger partial charge in [-0.05, 0) is 19.4 Å². The highest BCUT2D eigenvalue weighted by Gasteiger charge is 2.24. The van der Waals surface area contributed by atoms with Gasteiger partial charge >= 0.3 is 0 Å². The van der Waals surface area contributed by atoms with E-state index in [2.05, 4.69) is 10.3 Å². The summed E-state index contributed by atoms with van der Waals surface area (Å²) in [5, 5.41) is 8.51. The van der Waals surface area contributed by atoms with Crippen molar-refractivity contribution < 1.29 is 9.47 Å². The van der Waals surface area contributed by atoms with Crippen LogP contribution in [0.15, 0.2) is 0 Å². The summed E-state index contributed by atoms with van der Waals surface area (Å²) in [5.74, 6) is 0.493. The predicted octanol–water partition coefficient (Wildman–Crippen LogP) is 0.320. The van der Waals surface area contributed by atoms with Crippen molar-refractivity contribution in [2.75, 3.05) is 33.5 Å². The van der Waals surface area contributed by atoms with E-state index < -0.39 is 0 Å². The Bertz CT molecular complexity index is 361. The topological polar surface area (TPSA) is 75.2 Å². The van der Waals surface area contributed by atoms with Crippen LogP contribution in [0.5, 0.6) is 0 Å².